The van der Waals surface area contributed by atoms with Crippen molar-refractivity contribution in [1.82, 2.24) is 0 Å². The number of fused-ring (bicyclic) bond motifs is 2. The Labute approximate surface area is 296 Å². The van der Waals surface area contributed by atoms with Gasteiger partial charge in [-0.3, -0.25) is 9.55 Å². The highest BCUT2D eigenvalue weighted by atomic mass is 32.2. The first-order valence-electron chi connectivity index (χ1n) is 17.6. The first kappa shape index (κ1) is 35.4. The van der Waals surface area contributed by atoms with E-state index in [2.05, 4.69) is 97.1 Å². The molecular formula is C43H48N2O4S. The van der Waals surface area contributed by atoms with Crippen molar-refractivity contribution in [2.75, 3.05) is 5.32 Å². The number of anilines is 2. The van der Waals surface area contributed by atoms with E-state index in [9.17, 15) is 13.0 Å². The van der Waals surface area contributed by atoms with Gasteiger partial charge in [0.15, 0.2) is 0 Å². The summed E-state index contributed by atoms with van der Waals surface area (Å²) < 4.78 is 42.4. The summed E-state index contributed by atoms with van der Waals surface area (Å²) in [5.41, 5.74) is 8.07. The van der Waals surface area contributed by atoms with Crippen LogP contribution in [0.3, 0.4) is 0 Å². The van der Waals surface area contributed by atoms with Crippen molar-refractivity contribution >= 4 is 32.5 Å². The van der Waals surface area contributed by atoms with Crippen LogP contribution >= 0.6 is 0 Å². The highest BCUT2D eigenvalue weighted by molar-refractivity contribution is 7.86. The molecule has 0 saturated heterocycles. The molecule has 260 valence electrons. The lowest BCUT2D eigenvalue weighted by Gasteiger charge is -2.31. The number of hydrogen-bond acceptors (Lipinski definition) is 5. The van der Waals surface area contributed by atoms with Crippen LogP contribution in [0, 0.1) is 17.8 Å². The molecule has 0 radical (unpaired) electrons. The van der Waals surface area contributed by atoms with E-state index in [4.69, 9.17) is 9.41 Å². The molecule has 3 aromatic carbocycles. The zero-order chi connectivity index (χ0) is 35.9. The predicted molar refractivity (Wildman–Crippen MR) is 206 cm³/mol. The second kappa shape index (κ2) is 14.0. The molecule has 2 aliphatic carbocycles. The maximum absolute atomic E-state index is 12.7. The van der Waals surface area contributed by atoms with Gasteiger partial charge in [0.2, 0.25) is 0 Å². The Balaban J connectivity index is 1.60. The minimum Gasteiger partial charge on any atom is -0.456 e. The molecule has 3 aliphatic rings. The van der Waals surface area contributed by atoms with Crippen LogP contribution in [0.1, 0.15) is 78.4 Å². The van der Waals surface area contributed by atoms with Crippen molar-refractivity contribution in [3.05, 3.63) is 119 Å². The summed E-state index contributed by atoms with van der Waals surface area (Å²) in [4.78, 5) is 5.16. The number of nitrogens with zero attached hydrogens (tertiary/aromatic N) is 1. The molecule has 7 heteroatoms. The third-order valence-electron chi connectivity index (χ3n) is 9.83. The molecule has 2 atom stereocenters. The molecule has 0 saturated carbocycles. The summed E-state index contributed by atoms with van der Waals surface area (Å²) >= 11 is 0. The summed E-state index contributed by atoms with van der Waals surface area (Å²) in [7, 11) is -4.52. The molecule has 0 amide bonds. The van der Waals surface area contributed by atoms with Gasteiger partial charge >= 0.3 is 0 Å². The van der Waals surface area contributed by atoms with Crippen molar-refractivity contribution in [2.24, 2.45) is 22.7 Å². The number of nitrogens with one attached hydrogen (secondary N) is 1. The van der Waals surface area contributed by atoms with Gasteiger partial charge < -0.3 is 9.73 Å². The molecule has 0 bridgehead atoms. The molecule has 3 aromatic rings. The van der Waals surface area contributed by atoms with Gasteiger partial charge in [-0.25, -0.2) is 0 Å². The second-order valence-electron chi connectivity index (χ2n) is 14.7. The molecule has 0 spiro atoms. The summed E-state index contributed by atoms with van der Waals surface area (Å²) in [6.07, 6.45) is 6.60. The lowest BCUT2D eigenvalue weighted by molar-refractivity contribution is 0.393. The van der Waals surface area contributed by atoms with Crippen molar-refractivity contribution in [2.45, 2.75) is 78.2 Å². The maximum Gasteiger partial charge on any atom is 0.295 e. The fourth-order valence-electron chi connectivity index (χ4n) is 7.23. The molecule has 0 fully saturated rings. The van der Waals surface area contributed by atoms with E-state index in [1.807, 2.05) is 36.4 Å². The van der Waals surface area contributed by atoms with E-state index in [0.717, 1.165) is 27.7 Å². The topological polar surface area (TPSA) is 91.9 Å². The molecule has 2 N–H and O–H groups in total. The Kier molecular flexibility index (Phi) is 9.93. The highest BCUT2D eigenvalue weighted by Gasteiger charge is 2.29. The Bertz CT molecular complexity index is 2230. The lowest BCUT2D eigenvalue weighted by Crippen LogP contribution is -2.30. The Hall–Kier alpha value is -4.46. The SMILES string of the molecule is CC(C)C1=CC=CC(C(C)C)C1/N=c1/ccc2c(-c3ccccc3S(=O)(=O)O)c3ccc(Nc4c(C(C)C)cccc4C(C)C)cc3oc-2c1. The van der Waals surface area contributed by atoms with Gasteiger partial charge in [-0.2, -0.15) is 8.42 Å². The molecular weight excluding hydrogens is 641 g/mol. The normalized spacial score (nSPS) is 17.1. The van der Waals surface area contributed by atoms with E-state index in [1.165, 1.54) is 22.8 Å². The number of allylic oxidation sites excluding steroid dienone is 2. The summed E-state index contributed by atoms with van der Waals surface area (Å²) in [5, 5.41) is 5.22. The van der Waals surface area contributed by atoms with E-state index in [0.29, 0.717) is 46.1 Å². The second-order valence-corrected chi connectivity index (χ2v) is 16.1. The molecule has 1 aliphatic heterocycles. The number of rotatable bonds is 9. The van der Waals surface area contributed by atoms with E-state index < -0.39 is 10.1 Å². The first-order valence-corrected chi connectivity index (χ1v) is 19.1. The molecule has 6 rings (SSSR count). The average Bonchev–Trinajstić information content (AvgIpc) is 3.06. The quantitative estimate of drug-likeness (QED) is 0.119. The number of benzene rings is 4. The van der Waals surface area contributed by atoms with E-state index in [1.54, 1.807) is 18.2 Å². The predicted octanol–water partition coefficient (Wildman–Crippen LogP) is 11.1. The minimum absolute atomic E-state index is 0.00961. The summed E-state index contributed by atoms with van der Waals surface area (Å²) in [6.45, 7) is 17.7. The molecule has 50 heavy (non-hydrogen) atoms. The van der Waals surface area contributed by atoms with Crippen molar-refractivity contribution < 1.29 is 17.4 Å². The third-order valence-corrected chi connectivity index (χ3v) is 10.7. The highest BCUT2D eigenvalue weighted by Crippen LogP contribution is 2.44. The van der Waals surface area contributed by atoms with Crippen molar-refractivity contribution in [3.63, 3.8) is 0 Å². The number of para-hydroxylation sites is 1. The standard InChI is InChI=1S/C43H48N2O4S/c1-25(2)31-14-11-15-32(26(3)4)42(31)44-29-19-21-35-38(23-29)49-39-24-30(45-43-33(27(5)6)16-12-17-34(43)28(7)8)20-22-36(39)41(35)37-13-9-10-18-40(37)50(46,47)48/h9-28,31,42,45H,1-8H3,(H,46,47,48)/b44-29-. The first-order chi connectivity index (χ1) is 23.7. The third kappa shape index (κ3) is 6.94. The van der Waals surface area contributed by atoms with Crippen LogP contribution < -0.4 is 10.7 Å². The van der Waals surface area contributed by atoms with Crippen LogP contribution in [0.4, 0.5) is 11.4 Å². The zero-order valence-corrected chi connectivity index (χ0v) is 31.0. The van der Waals surface area contributed by atoms with Gasteiger partial charge in [0.25, 0.3) is 10.1 Å². The fourth-order valence-corrected chi connectivity index (χ4v) is 7.93. The molecule has 6 nitrogen and oxygen atoms in total. The number of hydrogen-bond donors (Lipinski definition) is 2. The van der Waals surface area contributed by atoms with Crippen molar-refractivity contribution in [1.29, 1.82) is 0 Å². The smallest absolute Gasteiger partial charge is 0.295 e. The van der Waals surface area contributed by atoms with Crippen LogP contribution in [0.25, 0.3) is 33.4 Å². The summed E-state index contributed by atoms with van der Waals surface area (Å²) in [5.74, 6) is 2.22. The van der Waals surface area contributed by atoms with E-state index >= 15 is 0 Å². The van der Waals surface area contributed by atoms with Gasteiger partial charge in [-0.15, -0.1) is 0 Å². The van der Waals surface area contributed by atoms with Crippen LogP contribution in [0.15, 0.2) is 117 Å². The van der Waals surface area contributed by atoms with Gasteiger partial charge in [-0.1, -0.05) is 110 Å². The average molecular weight is 689 g/mol. The molecule has 0 aromatic heterocycles. The van der Waals surface area contributed by atoms with Crippen molar-refractivity contribution in [3.8, 4) is 22.5 Å². The maximum atomic E-state index is 12.7. The Morgan fingerprint density at radius 1 is 0.780 bits per heavy atom. The van der Waals surface area contributed by atoms with Gasteiger partial charge in [-0.05, 0) is 70.7 Å². The van der Waals surface area contributed by atoms with Gasteiger partial charge in [0, 0.05) is 51.5 Å². The monoisotopic (exact) mass is 688 g/mol. The zero-order valence-electron chi connectivity index (χ0n) is 30.2. The molecule has 1 heterocycles. The Morgan fingerprint density at radius 2 is 1.48 bits per heavy atom. The van der Waals surface area contributed by atoms with Crippen LogP contribution in [-0.4, -0.2) is 19.0 Å². The molecule has 2 unspecified atom stereocenters. The van der Waals surface area contributed by atoms with Gasteiger partial charge in [0.05, 0.1) is 11.4 Å². The van der Waals surface area contributed by atoms with Crippen LogP contribution in [0.2, 0.25) is 0 Å². The van der Waals surface area contributed by atoms with Gasteiger partial charge in [0.1, 0.15) is 16.2 Å². The minimum atomic E-state index is -4.52. The Morgan fingerprint density at radius 3 is 2.12 bits per heavy atom. The largest absolute Gasteiger partial charge is 0.456 e. The van der Waals surface area contributed by atoms with Crippen LogP contribution in [-0.2, 0) is 10.1 Å². The van der Waals surface area contributed by atoms with Crippen LogP contribution in [0.5, 0.6) is 0 Å². The van der Waals surface area contributed by atoms with E-state index in [-0.39, 0.29) is 16.9 Å². The summed E-state index contributed by atoms with van der Waals surface area (Å²) in [6, 6.07) is 24.8. The fraction of sp³-hybridized carbons (Fsp3) is 0.326. The lowest BCUT2D eigenvalue weighted by atomic mass is 9.78.